The molecule has 1 unspecified atom stereocenters. The number of allylic oxidation sites excluding steroid dienone is 1. The molecule has 3 rings (SSSR count). The molecule has 8 nitrogen and oxygen atoms in total. The second-order valence-electron chi connectivity index (χ2n) is 5.39. The summed E-state index contributed by atoms with van der Waals surface area (Å²) in [4.78, 5) is 23.4. The molecule has 2 heterocycles. The first-order valence-corrected chi connectivity index (χ1v) is 7.27. The summed E-state index contributed by atoms with van der Waals surface area (Å²) in [6.45, 7) is 0.395. The average Bonchev–Trinajstić information content (AvgIpc) is 2.99. The van der Waals surface area contributed by atoms with Crippen LogP contribution < -0.4 is 11.3 Å². The summed E-state index contributed by atoms with van der Waals surface area (Å²) in [7, 11) is 0. The molecule has 0 aliphatic heterocycles. The number of nitrogen functional groups attached to an aromatic ring is 1. The van der Waals surface area contributed by atoms with Gasteiger partial charge in [0.25, 0.3) is 5.56 Å². The van der Waals surface area contributed by atoms with Crippen LogP contribution in [0.25, 0.3) is 11.2 Å². The minimum Gasteiger partial charge on any atom is -0.394 e. The molecule has 0 aromatic carbocycles. The predicted molar refractivity (Wildman–Crippen MR) is 81.3 cm³/mol. The Morgan fingerprint density at radius 3 is 3.14 bits per heavy atom. The van der Waals surface area contributed by atoms with E-state index in [-0.39, 0.29) is 31.3 Å². The van der Waals surface area contributed by atoms with Gasteiger partial charge >= 0.3 is 0 Å². The van der Waals surface area contributed by atoms with Gasteiger partial charge in [-0.3, -0.25) is 9.36 Å². The Bertz CT molecular complexity index is 751. The maximum Gasteiger partial charge on any atom is 0.281 e. The van der Waals surface area contributed by atoms with E-state index < -0.39 is 5.60 Å². The normalized spacial score (nSPS) is 21.5. The van der Waals surface area contributed by atoms with Crippen LogP contribution >= 0.6 is 0 Å². The standard InChI is InChI=1S/C14H19N5O3/c15-13-18-11-10(16-9-17-11)12(21)19(13)8-14(22-7-6-20)4-2-1-3-5-14/h2,4,9,20H,1,3,5-8H2,(H2,15,18)(H,16,17). The highest BCUT2D eigenvalue weighted by Gasteiger charge is 2.31. The maximum absolute atomic E-state index is 12.5. The van der Waals surface area contributed by atoms with Gasteiger partial charge in [0.05, 0.1) is 26.1 Å². The first-order chi connectivity index (χ1) is 10.7. The quantitative estimate of drug-likeness (QED) is 0.678. The van der Waals surface area contributed by atoms with Gasteiger partial charge in [0.2, 0.25) is 5.95 Å². The van der Waals surface area contributed by atoms with Gasteiger partial charge in [-0.25, -0.2) is 4.98 Å². The van der Waals surface area contributed by atoms with Crippen molar-refractivity contribution in [3.8, 4) is 0 Å². The molecule has 8 heteroatoms. The van der Waals surface area contributed by atoms with E-state index in [2.05, 4.69) is 15.0 Å². The number of hydrogen-bond donors (Lipinski definition) is 3. The Morgan fingerprint density at radius 2 is 2.41 bits per heavy atom. The van der Waals surface area contributed by atoms with Gasteiger partial charge in [0.1, 0.15) is 5.60 Å². The van der Waals surface area contributed by atoms with Crippen LogP contribution in [-0.2, 0) is 11.3 Å². The van der Waals surface area contributed by atoms with E-state index >= 15 is 0 Å². The molecule has 0 spiro atoms. The molecule has 4 N–H and O–H groups in total. The summed E-state index contributed by atoms with van der Waals surface area (Å²) in [6.07, 6.45) is 8.10. The van der Waals surface area contributed by atoms with E-state index in [0.29, 0.717) is 11.2 Å². The molecule has 1 atom stereocenters. The summed E-state index contributed by atoms with van der Waals surface area (Å²) in [5, 5.41) is 9.03. The van der Waals surface area contributed by atoms with Crippen molar-refractivity contribution in [3.05, 3.63) is 28.8 Å². The van der Waals surface area contributed by atoms with Crippen molar-refractivity contribution in [1.82, 2.24) is 19.5 Å². The number of imidazole rings is 1. The number of hydrogen-bond acceptors (Lipinski definition) is 6. The lowest BCUT2D eigenvalue weighted by Gasteiger charge is -2.34. The fourth-order valence-corrected chi connectivity index (χ4v) is 2.80. The number of ether oxygens (including phenoxy) is 1. The van der Waals surface area contributed by atoms with Crippen LogP contribution in [0.1, 0.15) is 19.3 Å². The van der Waals surface area contributed by atoms with Gasteiger partial charge in [-0.15, -0.1) is 0 Å². The van der Waals surface area contributed by atoms with E-state index in [1.807, 2.05) is 12.2 Å². The number of aliphatic hydroxyl groups is 1. The van der Waals surface area contributed by atoms with Gasteiger partial charge in [-0.05, 0) is 19.3 Å². The Labute approximate surface area is 126 Å². The molecule has 2 aromatic heterocycles. The zero-order valence-corrected chi connectivity index (χ0v) is 12.2. The van der Waals surface area contributed by atoms with Crippen molar-refractivity contribution in [3.63, 3.8) is 0 Å². The molecule has 0 radical (unpaired) electrons. The molecule has 0 fully saturated rings. The number of nitrogens with two attached hydrogens (primary N) is 1. The van der Waals surface area contributed by atoms with Crippen LogP contribution in [0.15, 0.2) is 23.3 Å². The number of nitrogens with one attached hydrogen (secondary N) is 1. The molecular weight excluding hydrogens is 286 g/mol. The topological polar surface area (TPSA) is 119 Å². The summed E-state index contributed by atoms with van der Waals surface area (Å²) < 4.78 is 7.22. The third-order valence-corrected chi connectivity index (χ3v) is 3.87. The zero-order valence-electron chi connectivity index (χ0n) is 12.2. The lowest BCUT2D eigenvalue weighted by molar-refractivity contribution is -0.0444. The first-order valence-electron chi connectivity index (χ1n) is 7.27. The minimum atomic E-state index is -0.645. The second-order valence-corrected chi connectivity index (χ2v) is 5.39. The van der Waals surface area contributed by atoms with Crippen LogP contribution in [0.4, 0.5) is 5.95 Å². The third-order valence-electron chi connectivity index (χ3n) is 3.87. The van der Waals surface area contributed by atoms with E-state index in [0.717, 1.165) is 19.3 Å². The van der Waals surface area contributed by atoms with Crippen molar-refractivity contribution < 1.29 is 9.84 Å². The Balaban J connectivity index is 2.00. The maximum atomic E-state index is 12.5. The second kappa shape index (κ2) is 5.90. The number of aromatic amines is 1. The molecule has 22 heavy (non-hydrogen) atoms. The number of aliphatic hydroxyl groups excluding tert-OH is 1. The predicted octanol–water partition coefficient (Wildman–Crippen LogP) is 0.190. The molecule has 0 saturated carbocycles. The number of aromatic nitrogens is 4. The molecule has 0 amide bonds. The number of rotatable bonds is 5. The van der Waals surface area contributed by atoms with Crippen molar-refractivity contribution >= 4 is 17.1 Å². The lowest BCUT2D eigenvalue weighted by atomic mass is 9.90. The SMILES string of the molecule is Nc1nc2nc[nH]c2c(=O)n1CC1(OCCO)C=CCCC1. The van der Waals surface area contributed by atoms with Crippen LogP contribution in [-0.4, -0.2) is 43.4 Å². The molecule has 118 valence electrons. The molecule has 1 aliphatic carbocycles. The van der Waals surface area contributed by atoms with Crippen LogP contribution in [0.2, 0.25) is 0 Å². The third kappa shape index (κ3) is 2.62. The van der Waals surface area contributed by atoms with Crippen molar-refractivity contribution in [2.24, 2.45) is 0 Å². The van der Waals surface area contributed by atoms with E-state index in [9.17, 15) is 4.79 Å². The summed E-state index contributed by atoms with van der Waals surface area (Å²) in [6, 6.07) is 0. The Morgan fingerprint density at radius 1 is 1.55 bits per heavy atom. The minimum absolute atomic E-state index is 0.0716. The zero-order chi connectivity index (χ0) is 15.6. The van der Waals surface area contributed by atoms with Gasteiger partial charge in [-0.1, -0.05) is 12.2 Å². The fraction of sp³-hybridized carbons (Fsp3) is 0.500. The van der Waals surface area contributed by atoms with Gasteiger partial charge in [0, 0.05) is 0 Å². The smallest absolute Gasteiger partial charge is 0.281 e. The highest BCUT2D eigenvalue weighted by atomic mass is 16.5. The van der Waals surface area contributed by atoms with Gasteiger partial charge in [0.15, 0.2) is 11.2 Å². The molecule has 0 bridgehead atoms. The number of nitrogens with zero attached hydrogens (tertiary/aromatic N) is 3. The summed E-state index contributed by atoms with van der Waals surface area (Å²) in [5.74, 6) is 0.107. The van der Waals surface area contributed by atoms with Crippen molar-refractivity contribution in [2.75, 3.05) is 18.9 Å². The van der Waals surface area contributed by atoms with E-state index in [4.69, 9.17) is 15.6 Å². The molecule has 0 saturated heterocycles. The number of fused-ring (bicyclic) bond motifs is 1. The van der Waals surface area contributed by atoms with Gasteiger partial charge < -0.3 is 20.6 Å². The Hall–Kier alpha value is -2.19. The summed E-state index contributed by atoms with van der Waals surface area (Å²) >= 11 is 0. The van der Waals surface area contributed by atoms with E-state index in [1.165, 1.54) is 10.9 Å². The summed E-state index contributed by atoms with van der Waals surface area (Å²) in [5.41, 5.74) is 5.64. The van der Waals surface area contributed by atoms with Crippen molar-refractivity contribution in [1.29, 1.82) is 0 Å². The fourth-order valence-electron chi connectivity index (χ4n) is 2.80. The highest BCUT2D eigenvalue weighted by Crippen LogP contribution is 2.28. The monoisotopic (exact) mass is 305 g/mol. The number of anilines is 1. The lowest BCUT2D eigenvalue weighted by Crippen LogP contribution is -2.41. The Kier molecular flexibility index (Phi) is 3.95. The van der Waals surface area contributed by atoms with Crippen molar-refractivity contribution in [2.45, 2.75) is 31.4 Å². The largest absolute Gasteiger partial charge is 0.394 e. The van der Waals surface area contributed by atoms with Gasteiger partial charge in [-0.2, -0.15) is 4.98 Å². The number of H-pyrrole nitrogens is 1. The van der Waals surface area contributed by atoms with E-state index in [1.54, 1.807) is 0 Å². The average molecular weight is 305 g/mol. The van der Waals surface area contributed by atoms with Crippen LogP contribution in [0.5, 0.6) is 0 Å². The van der Waals surface area contributed by atoms with Crippen LogP contribution in [0, 0.1) is 0 Å². The molecular formula is C14H19N5O3. The first kappa shape index (κ1) is 14.7. The van der Waals surface area contributed by atoms with Crippen LogP contribution in [0.3, 0.4) is 0 Å². The highest BCUT2D eigenvalue weighted by molar-refractivity contribution is 5.69. The molecule has 1 aliphatic rings. The molecule has 2 aromatic rings.